The number of hydrogen-bond acceptors (Lipinski definition) is 4. The quantitative estimate of drug-likeness (QED) is 0.245. The lowest BCUT2D eigenvalue weighted by atomic mass is 9.34. The Morgan fingerprint density at radius 3 is 2.02 bits per heavy atom. The number of anilines is 2. The number of amides is 2. The second-order valence-corrected chi connectivity index (χ2v) is 13.2. The van der Waals surface area contributed by atoms with Crippen LogP contribution in [0.1, 0.15) is 47.8 Å². The van der Waals surface area contributed by atoms with Crippen molar-refractivity contribution in [3.63, 3.8) is 0 Å². The Kier molecular flexibility index (Phi) is 5.14. The first-order valence-electron chi connectivity index (χ1n) is 14.1. The molecule has 0 unspecified atom stereocenters. The number of H-pyrrole nitrogens is 1. The minimum absolute atomic E-state index is 0.0112. The van der Waals surface area contributed by atoms with Crippen molar-refractivity contribution in [2.45, 2.75) is 38.0 Å². The number of alkyl halides is 2. The van der Waals surface area contributed by atoms with Crippen molar-refractivity contribution in [2.24, 2.45) is 10.8 Å². The van der Waals surface area contributed by atoms with Crippen LogP contribution in [0.25, 0.3) is 21.7 Å². The number of carbonyl (C=O) groups is 2. The lowest BCUT2D eigenvalue weighted by Crippen LogP contribution is -2.73. The average Bonchev–Trinajstić information content (AvgIpc) is 3.60. The average molecular weight is 591 g/mol. The molecule has 2 aliphatic heterocycles. The summed E-state index contributed by atoms with van der Waals surface area (Å²) in [5.74, 6) is 0.961. The van der Waals surface area contributed by atoms with Gasteiger partial charge in [0.05, 0.1) is 27.7 Å². The highest BCUT2D eigenvalue weighted by atomic mass is 35.5. The molecule has 0 radical (unpaired) electrons. The number of aryl methyl sites for hydroxylation is 1. The van der Waals surface area contributed by atoms with Crippen molar-refractivity contribution in [1.29, 1.82) is 0 Å². The molecule has 41 heavy (non-hydrogen) atoms. The zero-order valence-corrected chi connectivity index (χ0v) is 24.0. The van der Waals surface area contributed by atoms with Crippen LogP contribution in [-0.4, -0.2) is 51.9 Å². The number of fused-ring (bicyclic) bond motifs is 6. The predicted molar refractivity (Wildman–Crippen MR) is 161 cm³/mol. The van der Waals surface area contributed by atoms with Crippen molar-refractivity contribution >= 4 is 68.1 Å². The van der Waals surface area contributed by atoms with E-state index >= 15 is 0 Å². The molecule has 3 heterocycles. The van der Waals surface area contributed by atoms with E-state index in [-0.39, 0.29) is 35.1 Å². The fourth-order valence-electron chi connectivity index (χ4n) is 8.40. The van der Waals surface area contributed by atoms with Crippen LogP contribution < -0.4 is 9.80 Å². The molecule has 3 saturated carbocycles. The fraction of sp³-hybridized carbons (Fsp3) is 0.375. The van der Waals surface area contributed by atoms with E-state index < -0.39 is 10.8 Å². The first-order valence-corrected chi connectivity index (χ1v) is 15.1. The van der Waals surface area contributed by atoms with E-state index in [2.05, 4.69) is 4.98 Å². The molecule has 2 atom stereocenters. The Bertz CT molecular complexity index is 1810. The minimum atomic E-state index is -0.578. The van der Waals surface area contributed by atoms with Gasteiger partial charge in [-0.25, -0.2) is 0 Å². The number of aromatic nitrogens is 1. The summed E-state index contributed by atoms with van der Waals surface area (Å²) in [4.78, 5) is 34.9. The van der Waals surface area contributed by atoms with Gasteiger partial charge in [-0.1, -0.05) is 24.3 Å². The number of phenolic OH excluding ortho intramolecular Hbond substituents is 2. The summed E-state index contributed by atoms with van der Waals surface area (Å²) >= 11 is 12.8. The Balaban J connectivity index is 1.08. The van der Waals surface area contributed by atoms with Crippen LogP contribution in [0.5, 0.6) is 11.5 Å². The number of aromatic hydroxyl groups is 2. The number of phenols is 2. The third kappa shape index (κ3) is 3.11. The van der Waals surface area contributed by atoms with Crippen LogP contribution in [0.4, 0.5) is 11.4 Å². The fourth-order valence-corrected chi connectivity index (χ4v) is 8.91. The number of benzene rings is 3. The Morgan fingerprint density at radius 1 is 0.878 bits per heavy atom. The molecule has 4 aromatic rings. The van der Waals surface area contributed by atoms with Crippen molar-refractivity contribution in [3.05, 3.63) is 59.3 Å². The topological polar surface area (TPSA) is 96.9 Å². The van der Waals surface area contributed by atoms with Gasteiger partial charge in [-0.15, -0.1) is 23.2 Å². The monoisotopic (exact) mass is 589 g/mol. The number of nitrogens with zero attached hydrogens (tertiary/aromatic N) is 2. The molecule has 2 bridgehead atoms. The summed E-state index contributed by atoms with van der Waals surface area (Å²) in [6, 6.07) is 11.0. The van der Waals surface area contributed by atoms with E-state index in [1.165, 1.54) is 0 Å². The van der Waals surface area contributed by atoms with Crippen LogP contribution >= 0.6 is 23.2 Å². The molecule has 5 aliphatic rings. The Morgan fingerprint density at radius 2 is 1.41 bits per heavy atom. The molecule has 9 heteroatoms. The van der Waals surface area contributed by atoms with Crippen molar-refractivity contribution in [2.75, 3.05) is 34.6 Å². The summed E-state index contributed by atoms with van der Waals surface area (Å²) in [6.07, 6.45) is 3.38. The normalized spacial score (nSPS) is 27.6. The molecule has 0 saturated heterocycles. The number of aromatic amines is 1. The summed E-state index contributed by atoms with van der Waals surface area (Å²) in [5.41, 5.74) is 3.98. The van der Waals surface area contributed by atoms with Gasteiger partial charge in [0.1, 0.15) is 11.5 Å². The second kappa shape index (κ2) is 8.33. The van der Waals surface area contributed by atoms with E-state index in [9.17, 15) is 19.8 Å². The summed E-state index contributed by atoms with van der Waals surface area (Å²) in [7, 11) is 0. The van der Waals surface area contributed by atoms with E-state index in [1.807, 2.05) is 37.4 Å². The summed E-state index contributed by atoms with van der Waals surface area (Å²) in [6.45, 7) is 2.92. The molecule has 3 fully saturated rings. The third-order valence-electron chi connectivity index (χ3n) is 10.2. The van der Waals surface area contributed by atoms with Gasteiger partial charge in [-0.05, 0) is 48.3 Å². The van der Waals surface area contributed by atoms with Crippen molar-refractivity contribution in [1.82, 2.24) is 4.98 Å². The number of nitrogens with one attached hydrogen (secondary N) is 1. The third-order valence-corrected chi connectivity index (χ3v) is 10.9. The van der Waals surface area contributed by atoms with Gasteiger partial charge in [0, 0.05) is 65.8 Å². The van der Waals surface area contributed by atoms with Crippen molar-refractivity contribution in [3.8, 4) is 11.5 Å². The zero-order valence-electron chi connectivity index (χ0n) is 22.5. The van der Waals surface area contributed by atoms with E-state index in [1.54, 1.807) is 21.9 Å². The van der Waals surface area contributed by atoms with Gasteiger partial charge in [-0.3, -0.25) is 9.59 Å². The van der Waals surface area contributed by atoms with E-state index in [4.69, 9.17) is 23.2 Å². The van der Waals surface area contributed by atoms with Crippen LogP contribution in [0.3, 0.4) is 0 Å². The highest BCUT2D eigenvalue weighted by molar-refractivity contribution is 6.20. The highest BCUT2D eigenvalue weighted by Gasteiger charge is 2.76. The molecule has 3 aromatic carbocycles. The van der Waals surface area contributed by atoms with Crippen LogP contribution in [0.2, 0.25) is 0 Å². The second-order valence-electron chi connectivity index (χ2n) is 12.5. The first-order chi connectivity index (χ1) is 19.7. The summed E-state index contributed by atoms with van der Waals surface area (Å²) < 4.78 is 0. The Hall–Kier alpha value is -3.42. The van der Waals surface area contributed by atoms with E-state index in [0.29, 0.717) is 49.6 Å². The molecule has 2 amide bonds. The molecule has 1 aromatic heterocycles. The van der Waals surface area contributed by atoms with Crippen LogP contribution in [-0.2, 0) is 9.59 Å². The molecule has 0 spiro atoms. The van der Waals surface area contributed by atoms with Crippen molar-refractivity contribution < 1.29 is 19.8 Å². The lowest BCUT2D eigenvalue weighted by Gasteiger charge is -2.69. The zero-order chi connectivity index (χ0) is 28.4. The Labute approximate surface area is 246 Å². The largest absolute Gasteiger partial charge is 0.507 e. The van der Waals surface area contributed by atoms with Gasteiger partial charge >= 0.3 is 0 Å². The highest BCUT2D eigenvalue weighted by Crippen LogP contribution is 2.75. The number of halogens is 2. The lowest BCUT2D eigenvalue weighted by molar-refractivity contribution is -0.204. The number of carbonyl (C=O) groups excluding carboxylic acids is 2. The minimum Gasteiger partial charge on any atom is -0.507 e. The SMILES string of the molecule is Cc1c[nH]c2c(O)cc3c(c12)[C@H](CCl)CN3C(=O)C12CC(C(=O)N3C[C@@H](CCl)c4c3cc(O)c3ccccc43)(C1)C2. The van der Waals surface area contributed by atoms with Gasteiger partial charge in [0.25, 0.3) is 0 Å². The molecular formula is C32H29Cl2N3O4. The van der Waals surface area contributed by atoms with Gasteiger partial charge < -0.3 is 25.0 Å². The maximum Gasteiger partial charge on any atom is 0.233 e. The molecule has 210 valence electrons. The number of rotatable bonds is 4. The predicted octanol–water partition coefficient (Wildman–Crippen LogP) is 6.25. The summed E-state index contributed by atoms with van der Waals surface area (Å²) in [5, 5.41) is 24.1. The molecule has 3 N–H and O–H groups in total. The molecular weight excluding hydrogens is 561 g/mol. The molecule has 9 rings (SSSR count). The molecule has 7 nitrogen and oxygen atoms in total. The van der Waals surface area contributed by atoms with Crippen LogP contribution in [0.15, 0.2) is 42.6 Å². The van der Waals surface area contributed by atoms with Crippen LogP contribution in [0, 0.1) is 17.8 Å². The molecule has 3 aliphatic carbocycles. The first kappa shape index (κ1) is 25.3. The maximum atomic E-state index is 14.1. The standard InChI is InChI=1S/C32H29Cl2N3O4/c1-16-10-35-28-24(39)7-22-27(25(16)28)18(9-34)12-37(22)30(41)32-13-31(14-32,15-32)29(40)36-11-17(8-33)26-20-5-3-2-4-19(20)23(38)6-21(26)36/h2-7,10,17-18,35,38-39H,8-9,11-15H2,1H3/t17-,18-,31?,32?/m1/s1. The maximum absolute atomic E-state index is 14.1. The smallest absolute Gasteiger partial charge is 0.233 e. The number of hydrogen-bond donors (Lipinski definition) is 3. The van der Waals surface area contributed by atoms with Gasteiger partial charge in [-0.2, -0.15) is 0 Å². The van der Waals surface area contributed by atoms with Gasteiger partial charge in [0.15, 0.2) is 0 Å². The van der Waals surface area contributed by atoms with E-state index in [0.717, 1.165) is 44.2 Å². The van der Waals surface area contributed by atoms with Gasteiger partial charge in [0.2, 0.25) is 11.8 Å².